The number of aromatic nitrogens is 3. The molecule has 0 aliphatic rings. The monoisotopic (exact) mass is 289 g/mol. The molecule has 8 heteroatoms. The Morgan fingerprint density at radius 2 is 2.19 bits per heavy atom. The smallest absolute Gasteiger partial charge is 0.337 e. The summed E-state index contributed by atoms with van der Waals surface area (Å²) in [6.07, 6.45) is 6.05. The van der Waals surface area contributed by atoms with Gasteiger partial charge in [0.2, 0.25) is 0 Å². The van der Waals surface area contributed by atoms with Gasteiger partial charge >= 0.3 is 12.0 Å². The number of nitrogens with one attached hydrogen (secondary N) is 1. The van der Waals surface area contributed by atoms with E-state index in [9.17, 15) is 9.59 Å². The number of carboxylic acids is 1. The van der Waals surface area contributed by atoms with Crippen molar-refractivity contribution in [3.63, 3.8) is 0 Å². The van der Waals surface area contributed by atoms with E-state index >= 15 is 0 Å². The zero-order chi connectivity index (χ0) is 15.4. The molecular formula is C13H15N5O3. The van der Waals surface area contributed by atoms with Crippen LogP contribution in [0.1, 0.15) is 16.2 Å². The first kappa shape index (κ1) is 14.5. The Bertz CT molecular complexity index is 667. The molecule has 0 unspecified atom stereocenters. The predicted octanol–water partition coefficient (Wildman–Crippen LogP) is 1.18. The van der Waals surface area contributed by atoms with E-state index in [2.05, 4.69) is 15.3 Å². The normalized spacial score (nSPS) is 10.2. The molecule has 0 saturated heterocycles. The zero-order valence-electron chi connectivity index (χ0n) is 11.6. The maximum absolute atomic E-state index is 12.0. The Balaban J connectivity index is 2.02. The molecular weight excluding hydrogens is 274 g/mol. The van der Waals surface area contributed by atoms with Gasteiger partial charge in [-0.3, -0.25) is 4.98 Å². The molecule has 2 aromatic heterocycles. The molecule has 0 bridgehead atoms. The van der Waals surface area contributed by atoms with Crippen molar-refractivity contribution in [3.05, 3.63) is 42.2 Å². The van der Waals surface area contributed by atoms with Crippen molar-refractivity contribution in [2.24, 2.45) is 7.05 Å². The van der Waals surface area contributed by atoms with E-state index in [1.165, 1.54) is 23.4 Å². The van der Waals surface area contributed by atoms with Gasteiger partial charge in [0.05, 0.1) is 24.0 Å². The Hall–Kier alpha value is -2.90. The first-order valence-electron chi connectivity index (χ1n) is 6.14. The number of pyridine rings is 1. The summed E-state index contributed by atoms with van der Waals surface area (Å²) in [5.41, 5.74) is 0.339. The molecule has 2 rings (SSSR count). The zero-order valence-corrected chi connectivity index (χ0v) is 11.6. The van der Waals surface area contributed by atoms with Crippen LogP contribution >= 0.6 is 0 Å². The standard InChI is InChI=1S/C13H15N5O3/c1-17-4-3-15-11(17)8-18(2)13(21)16-10-5-9(12(19)20)6-14-7-10/h3-7H,8H2,1-2H3,(H,16,21)(H,19,20). The highest BCUT2D eigenvalue weighted by Gasteiger charge is 2.13. The van der Waals surface area contributed by atoms with Gasteiger partial charge in [-0.25, -0.2) is 14.6 Å². The van der Waals surface area contributed by atoms with Crippen molar-refractivity contribution in [2.75, 3.05) is 12.4 Å². The van der Waals surface area contributed by atoms with Crippen LogP contribution in [0.3, 0.4) is 0 Å². The molecule has 2 amide bonds. The lowest BCUT2D eigenvalue weighted by Gasteiger charge is -2.17. The highest BCUT2D eigenvalue weighted by molar-refractivity contribution is 5.92. The minimum Gasteiger partial charge on any atom is -0.478 e. The van der Waals surface area contributed by atoms with Crippen LogP contribution < -0.4 is 5.32 Å². The third-order valence-corrected chi connectivity index (χ3v) is 2.88. The fraction of sp³-hybridized carbons (Fsp3) is 0.231. The first-order valence-corrected chi connectivity index (χ1v) is 6.14. The van der Waals surface area contributed by atoms with Crippen LogP contribution in [0, 0.1) is 0 Å². The second-order valence-electron chi connectivity index (χ2n) is 4.51. The second-order valence-corrected chi connectivity index (χ2v) is 4.51. The van der Waals surface area contributed by atoms with Gasteiger partial charge < -0.3 is 19.9 Å². The SMILES string of the molecule is CN(Cc1nccn1C)C(=O)Nc1cncc(C(=O)O)c1. The third-order valence-electron chi connectivity index (χ3n) is 2.88. The molecule has 0 spiro atoms. The van der Waals surface area contributed by atoms with E-state index in [0.717, 1.165) is 5.82 Å². The average Bonchev–Trinajstić information content (AvgIpc) is 2.84. The molecule has 0 saturated carbocycles. The van der Waals surface area contributed by atoms with E-state index in [1.807, 2.05) is 11.6 Å². The Morgan fingerprint density at radius 3 is 2.81 bits per heavy atom. The first-order chi connectivity index (χ1) is 9.97. The van der Waals surface area contributed by atoms with Crippen LogP contribution in [0.4, 0.5) is 10.5 Å². The van der Waals surface area contributed by atoms with Crippen LogP contribution in [-0.2, 0) is 13.6 Å². The lowest BCUT2D eigenvalue weighted by atomic mass is 10.2. The van der Waals surface area contributed by atoms with E-state index in [1.54, 1.807) is 19.4 Å². The fourth-order valence-corrected chi connectivity index (χ4v) is 1.68. The number of aromatic carboxylic acids is 1. The van der Waals surface area contributed by atoms with Crippen molar-refractivity contribution >= 4 is 17.7 Å². The molecule has 0 atom stereocenters. The maximum atomic E-state index is 12.0. The van der Waals surface area contributed by atoms with Gasteiger partial charge in [0.25, 0.3) is 0 Å². The highest BCUT2D eigenvalue weighted by atomic mass is 16.4. The second kappa shape index (κ2) is 6.04. The number of anilines is 1. The van der Waals surface area contributed by atoms with Crippen LogP contribution in [-0.4, -0.2) is 43.6 Å². The van der Waals surface area contributed by atoms with Gasteiger partial charge in [0.1, 0.15) is 5.82 Å². The Labute approximate surface area is 121 Å². The van der Waals surface area contributed by atoms with E-state index in [-0.39, 0.29) is 11.6 Å². The molecule has 110 valence electrons. The number of hydrogen-bond acceptors (Lipinski definition) is 4. The summed E-state index contributed by atoms with van der Waals surface area (Å²) in [5.74, 6) is -0.356. The number of carbonyl (C=O) groups is 2. The Morgan fingerprint density at radius 1 is 1.43 bits per heavy atom. The van der Waals surface area contributed by atoms with E-state index in [4.69, 9.17) is 5.11 Å². The highest BCUT2D eigenvalue weighted by Crippen LogP contribution is 2.10. The quantitative estimate of drug-likeness (QED) is 0.880. The van der Waals surface area contributed by atoms with E-state index in [0.29, 0.717) is 12.2 Å². The third kappa shape index (κ3) is 3.56. The molecule has 0 fully saturated rings. The number of nitrogens with zero attached hydrogens (tertiary/aromatic N) is 4. The average molecular weight is 289 g/mol. The summed E-state index contributed by atoms with van der Waals surface area (Å²) < 4.78 is 1.82. The Kier molecular flexibility index (Phi) is 4.17. The summed E-state index contributed by atoms with van der Waals surface area (Å²) in [6, 6.07) is 0.976. The number of aryl methyl sites for hydroxylation is 1. The van der Waals surface area contributed by atoms with Crippen molar-refractivity contribution in [2.45, 2.75) is 6.54 Å². The minimum absolute atomic E-state index is 0.0135. The minimum atomic E-state index is -1.10. The summed E-state index contributed by atoms with van der Waals surface area (Å²) in [7, 11) is 3.47. The molecule has 0 aromatic carbocycles. The molecule has 0 aliphatic carbocycles. The predicted molar refractivity (Wildman–Crippen MR) is 74.9 cm³/mol. The summed E-state index contributed by atoms with van der Waals surface area (Å²) in [6.45, 7) is 0.335. The number of carbonyl (C=O) groups excluding carboxylic acids is 1. The number of carboxylic acid groups (broad SMARTS) is 1. The number of rotatable bonds is 4. The van der Waals surface area contributed by atoms with Crippen LogP contribution in [0.25, 0.3) is 0 Å². The van der Waals surface area contributed by atoms with Gasteiger partial charge in [0.15, 0.2) is 0 Å². The van der Waals surface area contributed by atoms with Crippen LogP contribution in [0.2, 0.25) is 0 Å². The largest absolute Gasteiger partial charge is 0.478 e. The van der Waals surface area contributed by atoms with Crippen molar-refractivity contribution < 1.29 is 14.7 Å². The number of urea groups is 1. The number of amides is 2. The topological polar surface area (TPSA) is 100 Å². The van der Waals surface area contributed by atoms with Crippen LogP contribution in [0.5, 0.6) is 0 Å². The number of imidazole rings is 1. The van der Waals surface area contributed by atoms with Crippen LogP contribution in [0.15, 0.2) is 30.9 Å². The maximum Gasteiger partial charge on any atom is 0.337 e. The lowest BCUT2D eigenvalue weighted by Crippen LogP contribution is -2.31. The molecule has 2 N–H and O–H groups in total. The van der Waals surface area contributed by atoms with E-state index < -0.39 is 5.97 Å². The molecule has 0 aliphatic heterocycles. The van der Waals surface area contributed by atoms with Crippen molar-refractivity contribution in [3.8, 4) is 0 Å². The summed E-state index contributed by atoms with van der Waals surface area (Å²) >= 11 is 0. The van der Waals surface area contributed by atoms with Gasteiger partial charge in [-0.2, -0.15) is 0 Å². The fourth-order valence-electron chi connectivity index (χ4n) is 1.68. The molecule has 0 radical (unpaired) electrons. The molecule has 2 aromatic rings. The van der Waals surface area contributed by atoms with Gasteiger partial charge in [-0.05, 0) is 6.07 Å². The summed E-state index contributed by atoms with van der Waals surface area (Å²) in [5, 5.41) is 11.5. The van der Waals surface area contributed by atoms with Crippen molar-refractivity contribution in [1.29, 1.82) is 0 Å². The summed E-state index contributed by atoms with van der Waals surface area (Å²) in [4.78, 5) is 32.2. The van der Waals surface area contributed by atoms with Gasteiger partial charge in [0, 0.05) is 32.7 Å². The number of hydrogen-bond donors (Lipinski definition) is 2. The van der Waals surface area contributed by atoms with Gasteiger partial charge in [-0.1, -0.05) is 0 Å². The molecule has 8 nitrogen and oxygen atoms in total. The van der Waals surface area contributed by atoms with Crippen molar-refractivity contribution in [1.82, 2.24) is 19.4 Å². The lowest BCUT2D eigenvalue weighted by molar-refractivity contribution is 0.0696. The molecule has 2 heterocycles. The van der Waals surface area contributed by atoms with Gasteiger partial charge in [-0.15, -0.1) is 0 Å². The molecule has 21 heavy (non-hydrogen) atoms.